The number of H-pyrrole nitrogens is 1. The predicted molar refractivity (Wildman–Crippen MR) is 40.1 cm³/mol. The standard InChI is InChI=1S/C7H10N2O2/c8-6(7(10)11)4-5-2-1-3-9-5/h1-3,6,9H,4,8H2,(H,10,11)/t6-/m0/s1. The Balaban J connectivity index is 2.50. The van der Waals surface area contributed by atoms with Gasteiger partial charge in [0, 0.05) is 18.3 Å². The van der Waals surface area contributed by atoms with Gasteiger partial charge in [0.05, 0.1) is 0 Å². The first kappa shape index (κ1) is 7.81. The number of hydrogen-bond donors (Lipinski definition) is 3. The molecule has 1 atom stereocenters. The molecule has 60 valence electrons. The van der Waals surface area contributed by atoms with Crippen LogP contribution < -0.4 is 5.73 Å². The summed E-state index contributed by atoms with van der Waals surface area (Å²) < 4.78 is 0. The zero-order valence-corrected chi connectivity index (χ0v) is 5.95. The molecule has 0 saturated carbocycles. The molecule has 1 aromatic heterocycles. The molecular formula is C7H10N2O2. The number of hydrogen-bond acceptors (Lipinski definition) is 2. The van der Waals surface area contributed by atoms with Crippen LogP contribution in [0.3, 0.4) is 0 Å². The third kappa shape index (κ3) is 2.09. The number of carbonyl (C=O) groups is 1. The van der Waals surface area contributed by atoms with E-state index in [2.05, 4.69) is 4.98 Å². The largest absolute Gasteiger partial charge is 0.480 e. The second-order valence-electron chi connectivity index (χ2n) is 2.34. The Morgan fingerprint density at radius 3 is 3.00 bits per heavy atom. The zero-order chi connectivity index (χ0) is 8.27. The Hall–Kier alpha value is -1.29. The molecule has 0 aliphatic carbocycles. The fraction of sp³-hybridized carbons (Fsp3) is 0.286. The maximum absolute atomic E-state index is 10.3. The van der Waals surface area contributed by atoms with Crippen molar-refractivity contribution in [1.29, 1.82) is 0 Å². The quantitative estimate of drug-likeness (QED) is 0.572. The number of nitrogens with one attached hydrogen (secondary N) is 1. The first-order valence-corrected chi connectivity index (χ1v) is 3.31. The minimum atomic E-state index is -0.973. The van der Waals surface area contributed by atoms with E-state index in [1.807, 2.05) is 12.1 Å². The highest BCUT2D eigenvalue weighted by Gasteiger charge is 2.11. The Bertz CT molecular complexity index is 231. The Morgan fingerprint density at radius 2 is 2.55 bits per heavy atom. The fourth-order valence-corrected chi connectivity index (χ4v) is 0.819. The summed E-state index contributed by atoms with van der Waals surface area (Å²) in [6.45, 7) is 0. The van der Waals surface area contributed by atoms with Crippen molar-refractivity contribution in [3.8, 4) is 0 Å². The molecule has 0 amide bonds. The average molecular weight is 154 g/mol. The lowest BCUT2D eigenvalue weighted by Crippen LogP contribution is -2.32. The van der Waals surface area contributed by atoms with Crippen LogP contribution in [0.1, 0.15) is 5.69 Å². The van der Waals surface area contributed by atoms with E-state index in [0.717, 1.165) is 5.69 Å². The van der Waals surface area contributed by atoms with E-state index < -0.39 is 12.0 Å². The molecule has 0 saturated heterocycles. The van der Waals surface area contributed by atoms with Gasteiger partial charge in [0.2, 0.25) is 0 Å². The van der Waals surface area contributed by atoms with Gasteiger partial charge in [0.15, 0.2) is 0 Å². The molecule has 0 spiro atoms. The smallest absolute Gasteiger partial charge is 0.320 e. The lowest BCUT2D eigenvalue weighted by molar-refractivity contribution is -0.138. The van der Waals surface area contributed by atoms with Gasteiger partial charge in [-0.3, -0.25) is 4.79 Å². The summed E-state index contributed by atoms with van der Waals surface area (Å²) in [4.78, 5) is 13.2. The zero-order valence-electron chi connectivity index (χ0n) is 5.95. The molecule has 11 heavy (non-hydrogen) atoms. The number of nitrogens with two attached hydrogens (primary N) is 1. The second-order valence-corrected chi connectivity index (χ2v) is 2.34. The summed E-state index contributed by atoms with van der Waals surface area (Å²) in [7, 11) is 0. The SMILES string of the molecule is N[C@@H](Cc1ccc[nH]1)C(=O)O. The van der Waals surface area contributed by atoms with Crippen LogP contribution in [0.15, 0.2) is 18.3 Å². The first-order chi connectivity index (χ1) is 5.20. The van der Waals surface area contributed by atoms with E-state index in [4.69, 9.17) is 10.8 Å². The van der Waals surface area contributed by atoms with E-state index in [1.54, 1.807) is 6.20 Å². The highest BCUT2D eigenvalue weighted by Crippen LogP contribution is 1.97. The number of rotatable bonds is 3. The fourth-order valence-electron chi connectivity index (χ4n) is 0.819. The highest BCUT2D eigenvalue weighted by atomic mass is 16.4. The van der Waals surface area contributed by atoms with Crippen LogP contribution in [0.25, 0.3) is 0 Å². The van der Waals surface area contributed by atoms with E-state index in [1.165, 1.54) is 0 Å². The molecule has 4 N–H and O–H groups in total. The molecule has 0 aliphatic heterocycles. The third-order valence-electron chi connectivity index (χ3n) is 1.42. The summed E-state index contributed by atoms with van der Waals surface area (Å²) in [6, 6.07) is 2.81. The number of aromatic amines is 1. The van der Waals surface area contributed by atoms with E-state index in [9.17, 15) is 4.79 Å². The van der Waals surface area contributed by atoms with Gasteiger partial charge >= 0.3 is 5.97 Å². The van der Waals surface area contributed by atoms with Crippen LogP contribution >= 0.6 is 0 Å². The Morgan fingerprint density at radius 1 is 1.82 bits per heavy atom. The van der Waals surface area contributed by atoms with Gasteiger partial charge in [0.25, 0.3) is 0 Å². The van der Waals surface area contributed by atoms with Crippen molar-refractivity contribution in [2.75, 3.05) is 0 Å². The topological polar surface area (TPSA) is 79.1 Å². The lowest BCUT2D eigenvalue weighted by atomic mass is 10.2. The number of carboxylic acids is 1. The molecule has 4 heteroatoms. The molecular weight excluding hydrogens is 144 g/mol. The average Bonchev–Trinajstić information content (AvgIpc) is 2.39. The molecule has 1 rings (SSSR count). The van der Waals surface area contributed by atoms with Gasteiger partial charge in [0.1, 0.15) is 6.04 Å². The van der Waals surface area contributed by atoms with Crippen molar-refractivity contribution < 1.29 is 9.90 Å². The van der Waals surface area contributed by atoms with Crippen LogP contribution in [0, 0.1) is 0 Å². The summed E-state index contributed by atoms with van der Waals surface area (Å²) in [5.41, 5.74) is 6.14. The Kier molecular flexibility index (Phi) is 2.28. The number of carboxylic acid groups (broad SMARTS) is 1. The second kappa shape index (κ2) is 3.21. The number of aromatic nitrogens is 1. The summed E-state index contributed by atoms with van der Waals surface area (Å²) in [6.07, 6.45) is 2.09. The van der Waals surface area contributed by atoms with Crippen molar-refractivity contribution in [1.82, 2.24) is 4.98 Å². The van der Waals surface area contributed by atoms with Gasteiger partial charge in [-0.1, -0.05) is 0 Å². The molecule has 0 fully saturated rings. The van der Waals surface area contributed by atoms with Crippen LogP contribution in [0.5, 0.6) is 0 Å². The molecule has 4 nitrogen and oxygen atoms in total. The van der Waals surface area contributed by atoms with Crippen LogP contribution in [-0.2, 0) is 11.2 Å². The lowest BCUT2D eigenvalue weighted by Gasteiger charge is -2.02. The Labute approximate surface area is 64.0 Å². The molecule has 0 aliphatic rings. The summed E-state index contributed by atoms with van der Waals surface area (Å²) in [5, 5.41) is 8.44. The maximum atomic E-state index is 10.3. The minimum absolute atomic E-state index is 0.350. The van der Waals surface area contributed by atoms with Crippen molar-refractivity contribution in [2.24, 2.45) is 5.73 Å². The first-order valence-electron chi connectivity index (χ1n) is 3.31. The van der Waals surface area contributed by atoms with Gasteiger partial charge in [-0.25, -0.2) is 0 Å². The van der Waals surface area contributed by atoms with Crippen molar-refractivity contribution in [3.63, 3.8) is 0 Å². The van der Waals surface area contributed by atoms with Crippen LogP contribution in [-0.4, -0.2) is 22.1 Å². The van der Waals surface area contributed by atoms with Gasteiger partial charge in [-0.2, -0.15) is 0 Å². The number of aliphatic carboxylic acids is 1. The molecule has 0 unspecified atom stereocenters. The molecule has 0 aromatic carbocycles. The van der Waals surface area contributed by atoms with Gasteiger partial charge < -0.3 is 15.8 Å². The molecule has 1 heterocycles. The summed E-state index contributed by atoms with van der Waals surface area (Å²) >= 11 is 0. The van der Waals surface area contributed by atoms with Crippen molar-refractivity contribution in [3.05, 3.63) is 24.0 Å². The van der Waals surface area contributed by atoms with E-state index in [0.29, 0.717) is 6.42 Å². The van der Waals surface area contributed by atoms with E-state index >= 15 is 0 Å². The minimum Gasteiger partial charge on any atom is -0.480 e. The van der Waals surface area contributed by atoms with Gasteiger partial charge in [-0.15, -0.1) is 0 Å². The maximum Gasteiger partial charge on any atom is 0.320 e. The normalized spacial score (nSPS) is 12.8. The highest BCUT2D eigenvalue weighted by molar-refractivity contribution is 5.73. The van der Waals surface area contributed by atoms with E-state index in [-0.39, 0.29) is 0 Å². The van der Waals surface area contributed by atoms with Crippen molar-refractivity contribution in [2.45, 2.75) is 12.5 Å². The third-order valence-corrected chi connectivity index (χ3v) is 1.42. The monoisotopic (exact) mass is 154 g/mol. The predicted octanol–water partition coefficient (Wildman–Crippen LogP) is -0.0309. The van der Waals surface area contributed by atoms with Crippen molar-refractivity contribution >= 4 is 5.97 Å². The van der Waals surface area contributed by atoms with Gasteiger partial charge in [-0.05, 0) is 12.1 Å². The molecule has 0 radical (unpaired) electrons. The van der Waals surface area contributed by atoms with Crippen LogP contribution in [0.4, 0.5) is 0 Å². The summed E-state index contributed by atoms with van der Waals surface area (Å²) in [5.74, 6) is -0.973. The molecule has 0 bridgehead atoms. The molecule has 1 aromatic rings. The van der Waals surface area contributed by atoms with Crippen LogP contribution in [0.2, 0.25) is 0 Å².